The normalized spacial score (nSPS) is 1.20. The molecule has 0 bridgehead atoms. The van der Waals surface area contributed by atoms with Crippen molar-refractivity contribution in [1.82, 2.24) is 0 Å². The zero-order valence-corrected chi connectivity index (χ0v) is 13.1. The van der Waals surface area contributed by atoms with Crippen LogP contribution < -0.4 is 0 Å². The average molecular weight is 623 g/mol. The van der Waals surface area contributed by atoms with E-state index in [-0.39, 0.29) is 63.2 Å². The first-order chi connectivity index (χ1) is 1.00. The summed E-state index contributed by atoms with van der Waals surface area (Å²) in [5, 5.41) is 0. The van der Waals surface area contributed by atoms with Crippen molar-refractivity contribution in [3.8, 4) is 0 Å². The van der Waals surface area contributed by atoms with Crippen LogP contribution in [0.3, 0.4) is 0 Å². The van der Waals surface area contributed by atoms with Gasteiger partial charge in [0.2, 0.25) is 0 Å². The molecule has 0 aliphatic heterocycles. The molecule has 0 aromatic carbocycles. The molecular weight excluding hydrogens is 623 g/mol. The molecule has 0 atom stereocenters. The van der Waals surface area contributed by atoms with Gasteiger partial charge in [-0.05, 0) is 0 Å². The summed E-state index contributed by atoms with van der Waals surface area (Å²) in [6, 6.07) is 0. The van der Waals surface area contributed by atoms with E-state index in [0.717, 1.165) is 0 Å². The first-order valence-corrected chi connectivity index (χ1v) is 4.50. The summed E-state index contributed by atoms with van der Waals surface area (Å²) in [6.07, 6.45) is 0. The Kier molecular flexibility index (Phi) is 133. The fourth-order valence-electron chi connectivity index (χ4n) is 0. The molecule has 0 unspecified atom stereocenters. The van der Waals surface area contributed by atoms with Crippen LogP contribution in [0.25, 0.3) is 0 Å². The summed E-state index contributed by atoms with van der Waals surface area (Å²) in [5.41, 5.74) is 0. The van der Waals surface area contributed by atoms with Crippen molar-refractivity contribution in [3.05, 3.63) is 0 Å². The van der Waals surface area contributed by atoms with E-state index in [4.69, 9.17) is 0 Å². The molecule has 0 heterocycles. The van der Waals surface area contributed by atoms with E-state index in [0.29, 0.717) is 0 Å². The molecule has 0 spiro atoms. The number of hydrogen-bond acceptors (Lipinski definition) is 0. The van der Waals surface area contributed by atoms with Gasteiger partial charge in [-0.1, -0.05) is 0 Å². The topological polar surface area (TPSA) is 0 Å². The van der Waals surface area contributed by atoms with Gasteiger partial charge < -0.3 is 0 Å². The standard InChI is InChI=1S/Nb.2Re.Se2/c;;;1-2. The molecule has 0 aromatic rings. The molecular formula is NbRe2Se2. The molecule has 0 saturated heterocycles. The van der Waals surface area contributed by atoms with Crippen molar-refractivity contribution in [2.24, 2.45) is 0 Å². The molecule has 0 N–H and O–H groups in total. The average Bonchev–Trinajstić information content (AvgIpc) is 1.00. The predicted molar refractivity (Wildman–Crippen MR) is 11.5 cm³/mol. The van der Waals surface area contributed by atoms with Gasteiger partial charge in [0.05, 0.1) is 0 Å². The third kappa shape index (κ3) is 19.2. The zero-order valence-electron chi connectivity index (χ0n) is 2.02. The first-order valence-electron chi connectivity index (χ1n) is 0.167. The van der Waals surface area contributed by atoms with Gasteiger partial charge in [0.15, 0.2) is 0 Å². The molecule has 31 valence electrons. The minimum atomic E-state index is 0. The monoisotopic (exact) mass is 627 g/mol. The zero-order chi connectivity index (χ0) is 2.00. The van der Waals surface area contributed by atoms with Crippen molar-refractivity contribution in [1.29, 1.82) is 0 Å². The van der Waals surface area contributed by atoms with Crippen molar-refractivity contribution >= 4 is 28.4 Å². The fraction of sp³-hybridized carbons (Fsp3) is 0. The van der Waals surface area contributed by atoms with Crippen LogP contribution in [0.1, 0.15) is 0 Å². The van der Waals surface area contributed by atoms with Gasteiger partial charge in [0.1, 0.15) is 0 Å². The Balaban J connectivity index is -0.00000000167. The Bertz CT molecular complexity index is 7.61. The van der Waals surface area contributed by atoms with Gasteiger partial charge in [0, 0.05) is 63.2 Å². The Morgan fingerprint density at radius 1 is 0.800 bits per heavy atom. The summed E-state index contributed by atoms with van der Waals surface area (Å²) >= 11 is 5.00. The van der Waals surface area contributed by atoms with Crippen LogP contribution in [0.15, 0.2) is 0 Å². The second-order valence-corrected chi connectivity index (χ2v) is 0. The van der Waals surface area contributed by atoms with E-state index >= 15 is 0 Å². The van der Waals surface area contributed by atoms with E-state index in [1.165, 1.54) is 0 Å². The summed E-state index contributed by atoms with van der Waals surface area (Å²) in [6.45, 7) is 0. The van der Waals surface area contributed by atoms with Gasteiger partial charge in [-0.2, -0.15) is 0 Å². The second-order valence-electron chi connectivity index (χ2n) is 0. The molecule has 0 aromatic heterocycles. The van der Waals surface area contributed by atoms with Crippen LogP contribution in [-0.2, 0) is 63.2 Å². The molecule has 0 saturated carbocycles. The van der Waals surface area contributed by atoms with Gasteiger partial charge in [-0.15, -0.1) is 0 Å². The van der Waals surface area contributed by atoms with Crippen LogP contribution in [0.5, 0.6) is 0 Å². The van der Waals surface area contributed by atoms with Crippen molar-refractivity contribution in [3.63, 3.8) is 0 Å². The Morgan fingerprint density at radius 3 is 0.800 bits per heavy atom. The van der Waals surface area contributed by atoms with Crippen molar-refractivity contribution in [2.75, 3.05) is 0 Å². The van der Waals surface area contributed by atoms with Crippen molar-refractivity contribution < 1.29 is 63.2 Å². The van der Waals surface area contributed by atoms with Gasteiger partial charge in [-0.3, -0.25) is 0 Å². The summed E-state index contributed by atoms with van der Waals surface area (Å²) < 4.78 is 0. The van der Waals surface area contributed by atoms with Crippen LogP contribution in [0, 0.1) is 0 Å². The van der Waals surface area contributed by atoms with Gasteiger partial charge in [0.25, 0.3) is 0 Å². The molecule has 5 radical (unpaired) electrons. The fourth-order valence-corrected chi connectivity index (χ4v) is 0. The molecule has 0 aliphatic rings. The van der Waals surface area contributed by atoms with E-state index in [1.807, 2.05) is 0 Å². The molecule has 0 aliphatic carbocycles. The predicted octanol–water partition coefficient (Wildman–Crippen LogP) is -0.769. The SMILES string of the molecule is [Nb].[Re].[Re].[Se][Se]. The molecule has 0 amide bonds. The maximum absolute atomic E-state index is 2.50. The Hall–Kier alpha value is 3.10. The quantitative estimate of drug-likeness (QED) is 0.312. The van der Waals surface area contributed by atoms with Crippen LogP contribution in [-0.4, -0.2) is 28.4 Å². The van der Waals surface area contributed by atoms with Gasteiger partial charge >= 0.3 is 28.4 Å². The molecule has 5 heavy (non-hydrogen) atoms. The Morgan fingerprint density at radius 2 is 0.800 bits per heavy atom. The van der Waals surface area contributed by atoms with E-state index < -0.39 is 0 Å². The van der Waals surface area contributed by atoms with Gasteiger partial charge in [-0.25, -0.2) is 0 Å². The maximum atomic E-state index is 2.50. The minimum absolute atomic E-state index is 0. The van der Waals surface area contributed by atoms with Crippen LogP contribution in [0.4, 0.5) is 0 Å². The van der Waals surface area contributed by atoms with E-state index in [9.17, 15) is 0 Å². The van der Waals surface area contributed by atoms with Crippen molar-refractivity contribution in [2.45, 2.75) is 0 Å². The van der Waals surface area contributed by atoms with Crippen LogP contribution in [0.2, 0.25) is 0 Å². The van der Waals surface area contributed by atoms with E-state index in [2.05, 4.69) is 28.4 Å². The molecule has 0 fully saturated rings. The van der Waals surface area contributed by atoms with Crippen LogP contribution >= 0.6 is 0 Å². The third-order valence-electron chi connectivity index (χ3n) is 0. The summed E-state index contributed by atoms with van der Waals surface area (Å²) in [7, 11) is 0. The molecule has 5 heteroatoms. The summed E-state index contributed by atoms with van der Waals surface area (Å²) in [5.74, 6) is 0. The first kappa shape index (κ1) is 24.3. The second kappa shape index (κ2) is 27.5. The number of hydrogen-bond donors (Lipinski definition) is 0. The summed E-state index contributed by atoms with van der Waals surface area (Å²) in [4.78, 5) is 0. The Labute approximate surface area is 90.0 Å². The van der Waals surface area contributed by atoms with E-state index in [1.54, 1.807) is 0 Å². The molecule has 0 rings (SSSR count). The number of rotatable bonds is 0. The third-order valence-corrected chi connectivity index (χ3v) is 0. The molecule has 0 nitrogen and oxygen atoms in total.